The Morgan fingerprint density at radius 3 is 2.91 bits per heavy atom. The second kappa shape index (κ2) is 7.65. The van der Waals surface area contributed by atoms with Crippen molar-refractivity contribution in [2.75, 3.05) is 12.3 Å². The van der Waals surface area contributed by atoms with E-state index < -0.39 is 4.92 Å². The van der Waals surface area contributed by atoms with Crippen molar-refractivity contribution in [3.63, 3.8) is 0 Å². The maximum absolute atomic E-state index is 12.0. The Labute approximate surface area is 132 Å². The lowest BCUT2D eigenvalue weighted by Gasteiger charge is -2.05. The first-order valence-electron chi connectivity index (χ1n) is 6.71. The number of aryl methyl sites for hydroxylation is 1. The van der Waals surface area contributed by atoms with Crippen LogP contribution in [-0.2, 0) is 5.75 Å². The molecule has 1 aromatic carbocycles. The van der Waals surface area contributed by atoms with Crippen molar-refractivity contribution in [2.45, 2.75) is 12.7 Å². The summed E-state index contributed by atoms with van der Waals surface area (Å²) < 4.78 is 5.21. The molecule has 0 bridgehead atoms. The Balaban J connectivity index is 1.79. The van der Waals surface area contributed by atoms with E-state index in [1.165, 1.54) is 6.07 Å². The maximum atomic E-state index is 12.0. The molecule has 0 saturated carbocycles. The minimum Gasteiger partial charge on any atom is -0.468 e. The maximum Gasteiger partial charge on any atom is 0.273 e. The molecule has 2 rings (SSSR count). The molecule has 0 aliphatic heterocycles. The molecular weight excluding hydrogens is 304 g/mol. The quantitative estimate of drug-likeness (QED) is 0.481. The van der Waals surface area contributed by atoms with Crippen LogP contribution in [0.3, 0.4) is 0 Å². The molecule has 7 heteroatoms. The molecule has 116 valence electrons. The highest BCUT2D eigenvalue weighted by molar-refractivity contribution is 7.98. The summed E-state index contributed by atoms with van der Waals surface area (Å²) in [5.41, 5.74) is 0.795. The van der Waals surface area contributed by atoms with Crippen LogP contribution in [-0.4, -0.2) is 23.1 Å². The highest BCUT2D eigenvalue weighted by Gasteiger charge is 2.14. The van der Waals surface area contributed by atoms with Crippen molar-refractivity contribution < 1.29 is 14.1 Å². The molecule has 1 amide bonds. The number of hydrogen-bond donors (Lipinski definition) is 1. The number of hydrogen-bond acceptors (Lipinski definition) is 5. The van der Waals surface area contributed by atoms with Gasteiger partial charge in [0.05, 0.1) is 16.9 Å². The summed E-state index contributed by atoms with van der Waals surface area (Å²) in [4.78, 5) is 22.4. The number of nitrogens with zero attached hydrogens (tertiary/aromatic N) is 1. The highest BCUT2D eigenvalue weighted by Crippen LogP contribution is 2.19. The number of furan rings is 1. The molecule has 2 aromatic rings. The topological polar surface area (TPSA) is 85.4 Å². The summed E-state index contributed by atoms with van der Waals surface area (Å²) in [6, 6.07) is 8.21. The average molecular weight is 320 g/mol. The first kappa shape index (κ1) is 16.1. The van der Waals surface area contributed by atoms with E-state index in [0.29, 0.717) is 17.7 Å². The first-order valence-corrected chi connectivity index (χ1v) is 7.87. The molecule has 22 heavy (non-hydrogen) atoms. The number of amides is 1. The molecule has 1 heterocycles. The Kier molecular flexibility index (Phi) is 5.60. The highest BCUT2D eigenvalue weighted by atomic mass is 32.2. The molecule has 0 aliphatic rings. The fourth-order valence-corrected chi connectivity index (χ4v) is 2.61. The number of thioether (sulfide) groups is 1. The summed E-state index contributed by atoms with van der Waals surface area (Å²) in [6.07, 6.45) is 1.63. The summed E-state index contributed by atoms with van der Waals surface area (Å²) >= 11 is 1.64. The number of nitrogens with one attached hydrogen (secondary N) is 1. The van der Waals surface area contributed by atoms with Crippen molar-refractivity contribution in [1.82, 2.24) is 5.32 Å². The van der Waals surface area contributed by atoms with E-state index in [0.717, 1.165) is 17.3 Å². The average Bonchev–Trinajstić information content (AvgIpc) is 3.00. The van der Waals surface area contributed by atoms with E-state index in [9.17, 15) is 14.9 Å². The standard InChI is InChI=1S/C15H16N2O4S/c1-11-4-5-12(9-14(11)17(19)20)15(18)16-6-8-22-10-13-3-2-7-21-13/h2-5,7,9H,6,8,10H2,1H3,(H,16,18). The molecule has 0 atom stereocenters. The van der Waals surface area contributed by atoms with Crippen molar-refractivity contribution in [1.29, 1.82) is 0 Å². The molecule has 0 saturated heterocycles. The Hall–Kier alpha value is -2.28. The normalized spacial score (nSPS) is 10.4. The van der Waals surface area contributed by atoms with Gasteiger partial charge in [-0.2, -0.15) is 11.8 Å². The number of nitro benzene ring substituents is 1. The second-order valence-electron chi connectivity index (χ2n) is 4.65. The van der Waals surface area contributed by atoms with E-state index >= 15 is 0 Å². The number of rotatable bonds is 7. The van der Waals surface area contributed by atoms with Crippen LogP contribution >= 0.6 is 11.8 Å². The van der Waals surface area contributed by atoms with Crippen LogP contribution in [0.15, 0.2) is 41.0 Å². The smallest absolute Gasteiger partial charge is 0.273 e. The lowest BCUT2D eigenvalue weighted by Crippen LogP contribution is -2.25. The van der Waals surface area contributed by atoms with Gasteiger partial charge in [0.25, 0.3) is 11.6 Å². The van der Waals surface area contributed by atoms with Gasteiger partial charge in [0.15, 0.2) is 0 Å². The Bertz CT molecular complexity index is 656. The van der Waals surface area contributed by atoms with E-state index in [1.54, 1.807) is 37.1 Å². The number of benzene rings is 1. The lowest BCUT2D eigenvalue weighted by molar-refractivity contribution is -0.385. The van der Waals surface area contributed by atoms with Crippen molar-refractivity contribution in [2.24, 2.45) is 0 Å². The Morgan fingerprint density at radius 2 is 2.23 bits per heavy atom. The second-order valence-corrected chi connectivity index (χ2v) is 5.75. The number of nitro groups is 1. The minimum absolute atomic E-state index is 0.0418. The van der Waals surface area contributed by atoms with Gasteiger partial charge in [-0.1, -0.05) is 6.07 Å². The third-order valence-electron chi connectivity index (χ3n) is 3.02. The molecule has 0 spiro atoms. The van der Waals surface area contributed by atoms with Crippen LogP contribution in [0.1, 0.15) is 21.7 Å². The van der Waals surface area contributed by atoms with Crippen molar-refractivity contribution >= 4 is 23.4 Å². The summed E-state index contributed by atoms with van der Waals surface area (Å²) in [5.74, 6) is 2.08. The molecule has 0 radical (unpaired) electrons. The van der Waals surface area contributed by atoms with Gasteiger partial charge in [0.2, 0.25) is 0 Å². The van der Waals surface area contributed by atoms with E-state index in [2.05, 4.69) is 5.32 Å². The van der Waals surface area contributed by atoms with Crippen LogP contribution in [0.25, 0.3) is 0 Å². The van der Waals surface area contributed by atoms with Gasteiger partial charge >= 0.3 is 0 Å². The van der Waals surface area contributed by atoms with E-state index in [-0.39, 0.29) is 11.6 Å². The summed E-state index contributed by atoms with van der Waals surface area (Å²) in [7, 11) is 0. The Morgan fingerprint density at radius 1 is 1.41 bits per heavy atom. The minimum atomic E-state index is -0.481. The van der Waals surface area contributed by atoms with Crippen molar-refractivity contribution in [3.05, 3.63) is 63.6 Å². The molecule has 6 nitrogen and oxygen atoms in total. The predicted molar refractivity (Wildman–Crippen MR) is 85.0 cm³/mol. The zero-order valence-electron chi connectivity index (χ0n) is 12.1. The first-order chi connectivity index (χ1) is 10.6. The van der Waals surface area contributed by atoms with Crippen LogP contribution in [0.4, 0.5) is 5.69 Å². The third-order valence-corrected chi connectivity index (χ3v) is 4.01. The third kappa shape index (κ3) is 4.36. The van der Waals surface area contributed by atoms with Crippen LogP contribution in [0.2, 0.25) is 0 Å². The largest absolute Gasteiger partial charge is 0.468 e. The molecule has 0 aliphatic carbocycles. The molecule has 1 aromatic heterocycles. The van der Waals surface area contributed by atoms with Gasteiger partial charge in [0.1, 0.15) is 5.76 Å². The number of carbonyl (C=O) groups excluding carboxylic acids is 1. The zero-order chi connectivity index (χ0) is 15.9. The van der Waals surface area contributed by atoms with Crippen molar-refractivity contribution in [3.8, 4) is 0 Å². The number of carbonyl (C=O) groups is 1. The van der Waals surface area contributed by atoms with Crippen LogP contribution in [0.5, 0.6) is 0 Å². The molecule has 0 fully saturated rings. The summed E-state index contributed by atoms with van der Waals surface area (Å²) in [6.45, 7) is 2.14. The van der Waals surface area contributed by atoms with E-state index in [4.69, 9.17) is 4.42 Å². The monoisotopic (exact) mass is 320 g/mol. The summed E-state index contributed by atoms with van der Waals surface area (Å²) in [5, 5.41) is 13.6. The van der Waals surface area contributed by atoms with Gasteiger partial charge in [0, 0.05) is 29.5 Å². The van der Waals surface area contributed by atoms with Crippen LogP contribution in [0, 0.1) is 17.0 Å². The zero-order valence-corrected chi connectivity index (χ0v) is 12.9. The van der Waals surface area contributed by atoms with Gasteiger partial charge < -0.3 is 9.73 Å². The van der Waals surface area contributed by atoms with Crippen LogP contribution < -0.4 is 5.32 Å². The van der Waals surface area contributed by atoms with Gasteiger partial charge in [-0.15, -0.1) is 0 Å². The fraction of sp³-hybridized carbons (Fsp3) is 0.267. The van der Waals surface area contributed by atoms with Gasteiger partial charge in [-0.25, -0.2) is 0 Å². The molecule has 0 unspecified atom stereocenters. The predicted octanol–water partition coefficient (Wildman–Crippen LogP) is 3.16. The SMILES string of the molecule is Cc1ccc(C(=O)NCCSCc2ccco2)cc1[N+](=O)[O-]. The van der Waals surface area contributed by atoms with E-state index in [1.807, 2.05) is 12.1 Å². The molecular formula is C15H16N2O4S. The van der Waals surface area contributed by atoms with Gasteiger partial charge in [-0.3, -0.25) is 14.9 Å². The lowest BCUT2D eigenvalue weighted by atomic mass is 10.1. The van der Waals surface area contributed by atoms with Gasteiger partial charge in [-0.05, 0) is 25.1 Å². The molecule has 1 N–H and O–H groups in total. The fourth-order valence-electron chi connectivity index (χ4n) is 1.85.